The van der Waals surface area contributed by atoms with Crippen LogP contribution in [0, 0.1) is 5.92 Å². The van der Waals surface area contributed by atoms with Crippen molar-refractivity contribution in [3.05, 3.63) is 53.7 Å². The molecule has 158 valence electrons. The van der Waals surface area contributed by atoms with E-state index < -0.39 is 5.91 Å². The van der Waals surface area contributed by atoms with Crippen molar-refractivity contribution in [3.8, 4) is 16.9 Å². The van der Waals surface area contributed by atoms with Crippen LogP contribution in [0.4, 0.5) is 11.4 Å². The van der Waals surface area contributed by atoms with Gasteiger partial charge in [-0.05, 0) is 53.9 Å². The van der Waals surface area contributed by atoms with E-state index in [0.29, 0.717) is 12.1 Å². The van der Waals surface area contributed by atoms with Crippen LogP contribution in [0.3, 0.4) is 0 Å². The van der Waals surface area contributed by atoms with E-state index in [4.69, 9.17) is 10.5 Å². The van der Waals surface area contributed by atoms with Crippen LogP contribution in [-0.2, 0) is 0 Å². The van der Waals surface area contributed by atoms with Crippen molar-refractivity contribution in [2.75, 3.05) is 37.0 Å². The molecule has 0 bridgehead atoms. The number of fused-ring (bicyclic) bond motifs is 1. The van der Waals surface area contributed by atoms with E-state index in [2.05, 4.69) is 29.3 Å². The zero-order valence-electron chi connectivity index (χ0n) is 17.5. The van der Waals surface area contributed by atoms with Gasteiger partial charge >= 0.3 is 0 Å². The largest absolute Gasteiger partial charge is 0.497 e. The molecule has 2 heterocycles. The van der Waals surface area contributed by atoms with Gasteiger partial charge in [0.2, 0.25) is 0 Å². The molecule has 0 aliphatic carbocycles. The van der Waals surface area contributed by atoms with Crippen molar-refractivity contribution in [2.45, 2.75) is 25.7 Å². The lowest BCUT2D eigenvalue weighted by molar-refractivity contribution is 0.100. The minimum absolute atomic E-state index is 0.150. The highest BCUT2D eigenvalue weighted by molar-refractivity contribution is 6.07. The number of hydrogen-bond acceptors (Lipinski definition) is 5. The normalized spacial score (nSPS) is 20.0. The number of methoxy groups -OCH3 is 1. The van der Waals surface area contributed by atoms with Gasteiger partial charge in [0.1, 0.15) is 5.75 Å². The van der Waals surface area contributed by atoms with Crippen LogP contribution in [0.15, 0.2) is 42.6 Å². The minimum Gasteiger partial charge on any atom is -0.497 e. The molecule has 30 heavy (non-hydrogen) atoms. The molecule has 0 saturated carbocycles. The maximum Gasteiger partial charge on any atom is 0.252 e. The second-order valence-corrected chi connectivity index (χ2v) is 8.00. The SMILES string of the molecule is CCC1C=CNc2c(C(N)=O)c(N3CC[C@H](CO)C3)cc(-c3ccc(OC)cc3)c21. The third-order valence-electron chi connectivity index (χ3n) is 6.25. The summed E-state index contributed by atoms with van der Waals surface area (Å²) < 4.78 is 5.32. The molecule has 6 nitrogen and oxygen atoms in total. The third kappa shape index (κ3) is 3.52. The molecule has 2 aliphatic heterocycles. The molecule has 2 aromatic carbocycles. The molecular formula is C24H29N3O3. The van der Waals surface area contributed by atoms with Crippen molar-refractivity contribution in [2.24, 2.45) is 11.7 Å². The smallest absolute Gasteiger partial charge is 0.252 e. The van der Waals surface area contributed by atoms with Crippen LogP contribution in [0.2, 0.25) is 0 Å². The van der Waals surface area contributed by atoms with Crippen LogP contribution < -0.4 is 20.7 Å². The number of benzene rings is 2. The van der Waals surface area contributed by atoms with Gasteiger partial charge in [0.15, 0.2) is 0 Å². The Balaban J connectivity index is 1.94. The molecule has 2 aromatic rings. The van der Waals surface area contributed by atoms with Gasteiger partial charge < -0.3 is 25.8 Å². The van der Waals surface area contributed by atoms with Gasteiger partial charge in [-0.25, -0.2) is 0 Å². The molecule has 1 saturated heterocycles. The Hall–Kier alpha value is -2.99. The molecule has 4 N–H and O–H groups in total. The lowest BCUT2D eigenvalue weighted by atomic mass is 9.83. The lowest BCUT2D eigenvalue weighted by Crippen LogP contribution is -2.27. The van der Waals surface area contributed by atoms with Gasteiger partial charge in [0.05, 0.1) is 24.0 Å². The fourth-order valence-corrected chi connectivity index (χ4v) is 4.61. The number of nitrogens with two attached hydrogens (primary N) is 1. The summed E-state index contributed by atoms with van der Waals surface area (Å²) in [4.78, 5) is 14.8. The molecular weight excluding hydrogens is 378 g/mol. The fourth-order valence-electron chi connectivity index (χ4n) is 4.61. The summed E-state index contributed by atoms with van der Waals surface area (Å²) in [5, 5.41) is 12.9. The fraction of sp³-hybridized carbons (Fsp3) is 0.375. The van der Waals surface area contributed by atoms with Crippen molar-refractivity contribution in [1.82, 2.24) is 0 Å². The summed E-state index contributed by atoms with van der Waals surface area (Å²) in [5.74, 6) is 0.765. The van der Waals surface area contributed by atoms with Gasteiger partial charge in [-0.1, -0.05) is 25.1 Å². The number of amides is 1. The van der Waals surface area contributed by atoms with Crippen LogP contribution in [0.25, 0.3) is 11.1 Å². The van der Waals surface area contributed by atoms with Gasteiger partial charge in [0, 0.05) is 31.5 Å². The number of hydrogen-bond donors (Lipinski definition) is 3. The molecule has 0 radical (unpaired) electrons. The number of anilines is 2. The maximum absolute atomic E-state index is 12.6. The van der Waals surface area contributed by atoms with E-state index in [1.54, 1.807) is 7.11 Å². The van der Waals surface area contributed by atoms with Gasteiger partial charge in [0.25, 0.3) is 5.91 Å². The standard InChI is InChI=1S/C24H29N3O3/c1-3-16-8-10-26-23-21(16)19(17-4-6-18(30-2)7-5-17)12-20(22(23)24(25)29)27-11-9-15(13-27)14-28/h4-8,10,12,15-16,26,28H,3,9,11,13-14H2,1-2H3,(H2,25,29)/t15-,16?/m0/s1. The van der Waals surface area contributed by atoms with Crippen LogP contribution in [0.1, 0.15) is 41.6 Å². The average molecular weight is 408 g/mol. The van der Waals surface area contributed by atoms with Gasteiger partial charge in [-0.15, -0.1) is 0 Å². The molecule has 1 unspecified atom stereocenters. The number of allylic oxidation sites excluding steroid dienone is 1. The highest BCUT2D eigenvalue weighted by Gasteiger charge is 2.31. The zero-order chi connectivity index (χ0) is 21.3. The molecule has 2 aliphatic rings. The van der Waals surface area contributed by atoms with Crippen LogP contribution in [0.5, 0.6) is 5.75 Å². The Morgan fingerprint density at radius 3 is 2.70 bits per heavy atom. The number of aliphatic hydroxyl groups is 1. The van der Waals surface area contributed by atoms with Crippen molar-refractivity contribution >= 4 is 17.3 Å². The summed E-state index contributed by atoms with van der Waals surface area (Å²) >= 11 is 0. The van der Waals surface area contributed by atoms with Gasteiger partial charge in [-0.3, -0.25) is 4.79 Å². The number of rotatable bonds is 6. The first-order valence-corrected chi connectivity index (χ1v) is 10.5. The first kappa shape index (κ1) is 20.3. The predicted octanol–water partition coefficient (Wildman–Crippen LogP) is 3.71. The Morgan fingerprint density at radius 2 is 2.10 bits per heavy atom. The van der Waals surface area contributed by atoms with Crippen LogP contribution >= 0.6 is 0 Å². The van der Waals surface area contributed by atoms with E-state index in [-0.39, 0.29) is 18.4 Å². The highest BCUT2D eigenvalue weighted by atomic mass is 16.5. The Labute approximate surface area is 177 Å². The molecule has 4 rings (SSSR count). The summed E-state index contributed by atoms with van der Waals surface area (Å²) in [6.45, 7) is 3.80. The molecule has 2 atom stereocenters. The summed E-state index contributed by atoms with van der Waals surface area (Å²) in [7, 11) is 1.66. The lowest BCUT2D eigenvalue weighted by Gasteiger charge is -2.30. The average Bonchev–Trinajstić information content (AvgIpc) is 3.26. The number of carbonyl (C=O) groups excluding carboxylic acids is 1. The predicted molar refractivity (Wildman–Crippen MR) is 120 cm³/mol. The first-order chi connectivity index (χ1) is 14.6. The molecule has 0 aromatic heterocycles. The van der Waals surface area contributed by atoms with Gasteiger partial charge in [-0.2, -0.15) is 0 Å². The zero-order valence-corrected chi connectivity index (χ0v) is 17.5. The number of nitrogens with one attached hydrogen (secondary N) is 1. The summed E-state index contributed by atoms with van der Waals surface area (Å²) in [6, 6.07) is 10.1. The van der Waals surface area contributed by atoms with E-state index in [0.717, 1.165) is 53.2 Å². The van der Waals surface area contributed by atoms with E-state index in [1.807, 2.05) is 30.5 Å². The first-order valence-electron chi connectivity index (χ1n) is 10.5. The number of carbonyl (C=O) groups is 1. The topological polar surface area (TPSA) is 87.8 Å². The summed E-state index contributed by atoms with van der Waals surface area (Å²) in [5.41, 5.74) is 11.3. The van der Waals surface area contributed by atoms with Crippen molar-refractivity contribution < 1.29 is 14.6 Å². The molecule has 6 heteroatoms. The number of nitrogens with zero attached hydrogens (tertiary/aromatic N) is 1. The van der Waals surface area contributed by atoms with E-state index in [9.17, 15) is 9.90 Å². The Bertz CT molecular complexity index is 969. The molecule has 1 fully saturated rings. The third-order valence-corrected chi connectivity index (χ3v) is 6.25. The second-order valence-electron chi connectivity index (χ2n) is 8.00. The summed E-state index contributed by atoms with van der Waals surface area (Å²) in [6.07, 6.45) is 5.86. The number of ether oxygens (including phenoxy) is 1. The minimum atomic E-state index is -0.437. The highest BCUT2D eigenvalue weighted by Crippen LogP contribution is 2.46. The quantitative estimate of drug-likeness (QED) is 0.679. The van der Waals surface area contributed by atoms with Crippen LogP contribution in [-0.4, -0.2) is 37.8 Å². The Morgan fingerprint density at radius 1 is 1.33 bits per heavy atom. The number of primary amides is 1. The van der Waals surface area contributed by atoms with Crippen molar-refractivity contribution in [3.63, 3.8) is 0 Å². The Kier molecular flexibility index (Phi) is 5.68. The van der Waals surface area contributed by atoms with Crippen molar-refractivity contribution in [1.29, 1.82) is 0 Å². The molecule has 0 spiro atoms. The monoisotopic (exact) mass is 407 g/mol. The number of aliphatic hydroxyl groups excluding tert-OH is 1. The van der Waals surface area contributed by atoms with E-state index in [1.165, 1.54) is 0 Å². The maximum atomic E-state index is 12.6. The van der Waals surface area contributed by atoms with E-state index >= 15 is 0 Å². The second kappa shape index (κ2) is 8.40. The molecule has 1 amide bonds.